The molecule has 7 heteroatoms. The van der Waals surface area contributed by atoms with Gasteiger partial charge in [0.05, 0.1) is 29.4 Å². The predicted octanol–water partition coefficient (Wildman–Crippen LogP) is 3.10. The third-order valence-corrected chi connectivity index (χ3v) is 4.27. The topological polar surface area (TPSA) is 88.5 Å². The van der Waals surface area contributed by atoms with Gasteiger partial charge in [-0.15, -0.1) is 0 Å². The Morgan fingerprint density at radius 3 is 2.60 bits per heavy atom. The fourth-order valence-corrected chi connectivity index (χ4v) is 3.06. The van der Waals surface area contributed by atoms with Gasteiger partial charge in [-0.1, -0.05) is 26.7 Å². The van der Waals surface area contributed by atoms with Gasteiger partial charge in [-0.05, 0) is 25.0 Å². The number of aromatic amines is 1. The van der Waals surface area contributed by atoms with Crippen LogP contribution in [0.3, 0.4) is 0 Å². The van der Waals surface area contributed by atoms with E-state index in [2.05, 4.69) is 34.1 Å². The molecule has 0 aliphatic rings. The molecule has 0 saturated carbocycles. The molecular weight excluding hydrogens is 316 g/mol. The molecule has 3 rings (SSSR count). The number of hydrogen-bond acceptors (Lipinski definition) is 5. The number of aromatic nitrogens is 5. The van der Waals surface area contributed by atoms with E-state index >= 15 is 0 Å². The van der Waals surface area contributed by atoms with Gasteiger partial charge in [0.25, 0.3) is 0 Å². The minimum Gasteiger partial charge on any atom is -0.365 e. The van der Waals surface area contributed by atoms with Gasteiger partial charge in [0.1, 0.15) is 5.52 Å². The van der Waals surface area contributed by atoms with Crippen molar-refractivity contribution < 1.29 is 0 Å². The van der Waals surface area contributed by atoms with E-state index in [1.165, 1.54) is 0 Å². The zero-order chi connectivity index (χ0) is 17.8. The van der Waals surface area contributed by atoms with Crippen molar-refractivity contribution in [2.45, 2.75) is 45.6 Å². The van der Waals surface area contributed by atoms with Crippen molar-refractivity contribution in [1.29, 1.82) is 0 Å². The van der Waals surface area contributed by atoms with Gasteiger partial charge in [0, 0.05) is 13.1 Å². The summed E-state index contributed by atoms with van der Waals surface area (Å²) < 4.78 is 1.91. The van der Waals surface area contributed by atoms with Crippen LogP contribution in [0.2, 0.25) is 0 Å². The lowest BCUT2D eigenvalue weighted by molar-refractivity contribution is 0.584. The molecule has 0 spiro atoms. The predicted molar refractivity (Wildman–Crippen MR) is 99.6 cm³/mol. The summed E-state index contributed by atoms with van der Waals surface area (Å²) in [5, 5.41) is 3.44. The Morgan fingerprint density at radius 1 is 1.20 bits per heavy atom. The molecule has 132 valence electrons. The number of nitrogens with zero attached hydrogens (tertiary/aromatic N) is 4. The molecule has 25 heavy (non-hydrogen) atoms. The number of fused-ring (bicyclic) bond motifs is 1. The van der Waals surface area contributed by atoms with Gasteiger partial charge < -0.3 is 14.9 Å². The molecule has 3 aromatic heterocycles. The number of nitrogens with one attached hydrogen (secondary N) is 2. The first-order valence-corrected chi connectivity index (χ1v) is 8.76. The average Bonchev–Trinajstić information content (AvgIpc) is 3.01. The van der Waals surface area contributed by atoms with Gasteiger partial charge in [-0.2, -0.15) is 4.98 Å². The van der Waals surface area contributed by atoms with Crippen molar-refractivity contribution in [1.82, 2.24) is 24.5 Å². The highest BCUT2D eigenvalue weighted by Gasteiger charge is 2.14. The number of hydrogen-bond donors (Lipinski definition) is 2. The monoisotopic (exact) mass is 340 g/mol. The Hall–Kier alpha value is -2.70. The summed E-state index contributed by atoms with van der Waals surface area (Å²) in [6, 6.07) is 4.04. The fourth-order valence-electron chi connectivity index (χ4n) is 3.06. The number of imidazole rings is 1. The summed E-state index contributed by atoms with van der Waals surface area (Å²) in [6.45, 7) is 4.32. The molecule has 2 N–H and O–H groups in total. The second kappa shape index (κ2) is 7.46. The van der Waals surface area contributed by atoms with E-state index in [0.29, 0.717) is 16.9 Å². The minimum absolute atomic E-state index is 0.287. The maximum Gasteiger partial charge on any atom is 0.347 e. The van der Waals surface area contributed by atoms with Crippen molar-refractivity contribution in [3.63, 3.8) is 0 Å². The first-order chi connectivity index (χ1) is 12.1. The van der Waals surface area contributed by atoms with Crippen LogP contribution in [0, 0.1) is 0 Å². The number of anilines is 1. The molecule has 0 radical (unpaired) electrons. The van der Waals surface area contributed by atoms with Crippen molar-refractivity contribution >= 4 is 16.9 Å². The third-order valence-electron chi connectivity index (χ3n) is 4.27. The van der Waals surface area contributed by atoms with E-state index in [-0.39, 0.29) is 11.7 Å². The molecule has 3 heterocycles. The lowest BCUT2D eigenvalue weighted by Gasteiger charge is -2.18. The summed E-state index contributed by atoms with van der Waals surface area (Å²) in [7, 11) is 1.93. The summed E-state index contributed by atoms with van der Waals surface area (Å²) >= 11 is 0. The second-order valence-corrected chi connectivity index (χ2v) is 6.29. The van der Waals surface area contributed by atoms with Crippen LogP contribution in [0.4, 0.5) is 5.82 Å². The Kier molecular flexibility index (Phi) is 5.11. The molecule has 0 fully saturated rings. The van der Waals surface area contributed by atoms with Crippen LogP contribution >= 0.6 is 0 Å². The Labute approximate surface area is 146 Å². The van der Waals surface area contributed by atoms with Crippen LogP contribution in [-0.4, -0.2) is 30.5 Å². The van der Waals surface area contributed by atoms with E-state index in [4.69, 9.17) is 4.98 Å². The lowest BCUT2D eigenvalue weighted by atomic mass is 10.1. The van der Waals surface area contributed by atoms with Crippen LogP contribution < -0.4 is 11.0 Å². The van der Waals surface area contributed by atoms with E-state index < -0.39 is 0 Å². The highest BCUT2D eigenvalue weighted by Crippen LogP contribution is 2.23. The minimum atomic E-state index is -0.364. The van der Waals surface area contributed by atoms with Crippen LogP contribution in [-0.2, 0) is 7.05 Å². The van der Waals surface area contributed by atoms with Gasteiger partial charge in [0.15, 0.2) is 5.82 Å². The molecule has 7 nitrogen and oxygen atoms in total. The molecule has 0 aliphatic heterocycles. The summed E-state index contributed by atoms with van der Waals surface area (Å²) in [4.78, 5) is 27.7. The fraction of sp³-hybridized carbons (Fsp3) is 0.444. The van der Waals surface area contributed by atoms with Crippen LogP contribution in [0.1, 0.15) is 39.5 Å². The molecule has 0 amide bonds. The molecule has 0 unspecified atom stereocenters. The summed E-state index contributed by atoms with van der Waals surface area (Å²) in [5.41, 5.74) is 2.71. The van der Waals surface area contributed by atoms with Crippen molar-refractivity contribution in [3.05, 3.63) is 35.1 Å². The van der Waals surface area contributed by atoms with Crippen LogP contribution in [0.25, 0.3) is 22.4 Å². The maximum absolute atomic E-state index is 11.9. The normalized spacial score (nSPS) is 11.4. The van der Waals surface area contributed by atoms with E-state index in [1.54, 1.807) is 12.5 Å². The Balaban J connectivity index is 2.07. The smallest absolute Gasteiger partial charge is 0.347 e. The molecular formula is C18H24N6O. The molecule has 0 saturated heterocycles. The third kappa shape index (κ3) is 3.70. The van der Waals surface area contributed by atoms with Gasteiger partial charge >= 0.3 is 5.69 Å². The standard InChI is InChI=1S/C18H24N6O/c1-4-6-12(7-5-2)20-17-16-14(22-18(25)23-17)9-8-13(21-16)15-10-19-11-24(15)3/h8-12H,4-7H2,1-3H3,(H2,20,22,23,25). The van der Waals surface area contributed by atoms with E-state index in [0.717, 1.165) is 37.1 Å². The van der Waals surface area contributed by atoms with Crippen molar-refractivity contribution in [3.8, 4) is 11.4 Å². The highest BCUT2D eigenvalue weighted by atomic mass is 16.1. The average molecular weight is 340 g/mol. The van der Waals surface area contributed by atoms with Crippen LogP contribution in [0.15, 0.2) is 29.5 Å². The molecule has 3 aromatic rings. The van der Waals surface area contributed by atoms with Gasteiger partial charge in [-0.25, -0.2) is 14.8 Å². The number of rotatable bonds is 7. The number of aryl methyl sites for hydroxylation is 1. The lowest BCUT2D eigenvalue weighted by Crippen LogP contribution is -2.23. The van der Waals surface area contributed by atoms with Crippen molar-refractivity contribution in [2.24, 2.45) is 7.05 Å². The maximum atomic E-state index is 11.9. The first-order valence-electron chi connectivity index (χ1n) is 8.76. The molecule has 0 aliphatic carbocycles. The van der Waals surface area contributed by atoms with E-state index in [1.807, 2.05) is 23.7 Å². The SMILES string of the molecule is CCCC(CCC)Nc1nc(=O)[nH]c2ccc(-c3cncn3C)nc12. The second-order valence-electron chi connectivity index (χ2n) is 6.29. The molecule has 0 bridgehead atoms. The summed E-state index contributed by atoms with van der Waals surface area (Å²) in [6.07, 6.45) is 7.73. The largest absolute Gasteiger partial charge is 0.365 e. The quantitative estimate of drug-likeness (QED) is 0.690. The number of pyridine rings is 1. The zero-order valence-corrected chi connectivity index (χ0v) is 14.9. The van der Waals surface area contributed by atoms with Crippen LogP contribution in [0.5, 0.6) is 0 Å². The summed E-state index contributed by atoms with van der Waals surface area (Å²) in [5.74, 6) is 0.551. The van der Waals surface area contributed by atoms with Gasteiger partial charge in [-0.3, -0.25) is 0 Å². The van der Waals surface area contributed by atoms with E-state index in [9.17, 15) is 4.79 Å². The molecule has 0 aromatic carbocycles. The Bertz CT molecular complexity index is 907. The zero-order valence-electron chi connectivity index (χ0n) is 14.9. The highest BCUT2D eigenvalue weighted by molar-refractivity contribution is 5.86. The number of H-pyrrole nitrogens is 1. The van der Waals surface area contributed by atoms with Gasteiger partial charge in [0.2, 0.25) is 0 Å². The first kappa shape index (κ1) is 17.1. The Morgan fingerprint density at radius 2 is 1.96 bits per heavy atom. The molecule has 0 atom stereocenters. The van der Waals surface area contributed by atoms with Crippen molar-refractivity contribution in [2.75, 3.05) is 5.32 Å².